The Bertz CT molecular complexity index is 1610. The molecule has 0 aliphatic carbocycles. The maximum absolute atomic E-state index is 14.9. The standard InChI is InChI=1S/C36H38N2O4/c1-21(2)19-22-11-13-23(14-12-22)32(39)30-31(33(40)35(3,4)5)38-28-17-16-25(42-6)20-24(28)15-18-29(38)36(30)26-9-7-8-10-27(26)37-34(36)41/h7-18,20-21,29-31H,19H2,1-6H3,(H,37,41)/t29-,30-,31-,36+/m1/s1. The van der Waals surface area contributed by atoms with Gasteiger partial charge in [0.1, 0.15) is 17.2 Å². The maximum Gasteiger partial charge on any atom is 0.238 e. The van der Waals surface area contributed by atoms with Gasteiger partial charge in [0.15, 0.2) is 11.6 Å². The van der Waals surface area contributed by atoms with Crippen LogP contribution in [0.4, 0.5) is 11.4 Å². The van der Waals surface area contributed by atoms with E-state index in [4.69, 9.17) is 4.74 Å². The van der Waals surface area contributed by atoms with E-state index < -0.39 is 28.8 Å². The normalized spacial score (nSPS) is 23.9. The van der Waals surface area contributed by atoms with Crippen LogP contribution in [0.3, 0.4) is 0 Å². The summed E-state index contributed by atoms with van der Waals surface area (Å²) in [5, 5.41) is 3.09. The summed E-state index contributed by atoms with van der Waals surface area (Å²) in [6.45, 7) is 9.98. The van der Waals surface area contributed by atoms with Gasteiger partial charge in [-0.2, -0.15) is 0 Å². The number of hydrogen-bond donors (Lipinski definition) is 1. The molecule has 42 heavy (non-hydrogen) atoms. The number of benzene rings is 3. The topological polar surface area (TPSA) is 75.7 Å². The molecule has 1 amide bonds. The number of carbonyl (C=O) groups excluding carboxylic acids is 3. The molecule has 6 nitrogen and oxygen atoms in total. The molecule has 4 atom stereocenters. The van der Waals surface area contributed by atoms with E-state index in [0.717, 1.165) is 28.8 Å². The van der Waals surface area contributed by atoms with Gasteiger partial charge in [-0.25, -0.2) is 0 Å². The first-order valence-electron chi connectivity index (χ1n) is 14.7. The number of amides is 1. The fraction of sp³-hybridized carbons (Fsp3) is 0.361. The Hall–Kier alpha value is -4.19. The van der Waals surface area contributed by atoms with Crippen molar-refractivity contribution < 1.29 is 19.1 Å². The van der Waals surface area contributed by atoms with Crippen LogP contribution in [0.15, 0.2) is 72.8 Å². The van der Waals surface area contributed by atoms with Crippen LogP contribution in [0.25, 0.3) is 6.08 Å². The first-order chi connectivity index (χ1) is 20.0. The van der Waals surface area contributed by atoms with Gasteiger partial charge in [0.05, 0.1) is 19.1 Å². The van der Waals surface area contributed by atoms with E-state index >= 15 is 0 Å². The van der Waals surface area contributed by atoms with Gasteiger partial charge < -0.3 is 15.0 Å². The lowest BCUT2D eigenvalue weighted by Gasteiger charge is -2.38. The predicted molar refractivity (Wildman–Crippen MR) is 166 cm³/mol. The van der Waals surface area contributed by atoms with E-state index in [0.29, 0.717) is 22.9 Å². The summed E-state index contributed by atoms with van der Waals surface area (Å²) in [6, 6.07) is 19.6. The zero-order valence-electron chi connectivity index (χ0n) is 25.1. The number of anilines is 2. The summed E-state index contributed by atoms with van der Waals surface area (Å²) in [4.78, 5) is 45.9. The first kappa shape index (κ1) is 28.0. The summed E-state index contributed by atoms with van der Waals surface area (Å²) < 4.78 is 5.49. The summed E-state index contributed by atoms with van der Waals surface area (Å²) in [6.07, 6.45) is 4.89. The number of ether oxygens (including phenoxy) is 1. The number of hydrogen-bond acceptors (Lipinski definition) is 5. The van der Waals surface area contributed by atoms with Crippen LogP contribution < -0.4 is 15.0 Å². The number of fused-ring (bicyclic) bond motifs is 6. The van der Waals surface area contributed by atoms with Gasteiger partial charge in [-0.1, -0.05) is 89.2 Å². The average Bonchev–Trinajstić information content (AvgIpc) is 3.43. The Morgan fingerprint density at radius 3 is 2.40 bits per heavy atom. The number of methoxy groups -OCH3 is 1. The molecule has 1 saturated heterocycles. The van der Waals surface area contributed by atoms with Crippen LogP contribution in [0.2, 0.25) is 0 Å². The van der Waals surface area contributed by atoms with E-state index in [1.807, 2.05) is 105 Å². The molecule has 0 aromatic heterocycles. The molecule has 0 radical (unpaired) electrons. The number of nitrogens with zero attached hydrogens (tertiary/aromatic N) is 1. The molecule has 3 aromatic carbocycles. The van der Waals surface area contributed by atoms with Crippen molar-refractivity contribution in [2.75, 3.05) is 17.3 Å². The number of nitrogens with one attached hydrogen (secondary N) is 1. The molecule has 6 heteroatoms. The second-order valence-electron chi connectivity index (χ2n) is 13.2. The number of carbonyl (C=O) groups is 3. The zero-order chi connectivity index (χ0) is 30.0. The average molecular weight is 563 g/mol. The van der Waals surface area contributed by atoms with Crippen molar-refractivity contribution in [2.45, 2.75) is 58.5 Å². The van der Waals surface area contributed by atoms with Gasteiger partial charge in [-0.15, -0.1) is 0 Å². The number of rotatable bonds is 6. The highest BCUT2D eigenvalue weighted by Crippen LogP contribution is 2.58. The van der Waals surface area contributed by atoms with Crippen LogP contribution in [-0.2, 0) is 21.4 Å². The maximum atomic E-state index is 14.9. The van der Waals surface area contributed by atoms with Gasteiger partial charge in [0.2, 0.25) is 5.91 Å². The van der Waals surface area contributed by atoms with Crippen LogP contribution in [-0.4, -0.2) is 36.7 Å². The fourth-order valence-electron chi connectivity index (χ4n) is 7.18. The predicted octanol–water partition coefficient (Wildman–Crippen LogP) is 6.48. The molecule has 1 N–H and O–H groups in total. The minimum absolute atomic E-state index is 0.0756. The summed E-state index contributed by atoms with van der Waals surface area (Å²) in [7, 11) is 1.62. The van der Waals surface area contributed by atoms with E-state index in [1.165, 1.54) is 0 Å². The van der Waals surface area contributed by atoms with Gasteiger partial charge in [0.25, 0.3) is 0 Å². The smallest absolute Gasteiger partial charge is 0.238 e. The Morgan fingerprint density at radius 2 is 1.74 bits per heavy atom. The van der Waals surface area contributed by atoms with E-state index in [1.54, 1.807) is 7.11 Å². The van der Waals surface area contributed by atoms with Crippen molar-refractivity contribution in [3.63, 3.8) is 0 Å². The summed E-state index contributed by atoms with van der Waals surface area (Å²) in [5.74, 6) is -0.293. The molecule has 6 rings (SSSR count). The molecule has 0 saturated carbocycles. The molecule has 3 aromatic rings. The zero-order valence-corrected chi connectivity index (χ0v) is 25.1. The van der Waals surface area contributed by atoms with Gasteiger partial charge in [0, 0.05) is 27.9 Å². The first-order valence-corrected chi connectivity index (χ1v) is 14.7. The SMILES string of the molecule is COc1ccc2c(c1)C=C[C@H]1N2[C@@H](C(=O)C(C)(C)C)[C@H](C(=O)c2ccc(CC(C)C)cc2)[C@@]12C(=O)Nc1ccccc12. The lowest BCUT2D eigenvalue weighted by Crippen LogP contribution is -2.51. The molecule has 3 aliphatic rings. The van der Waals surface area contributed by atoms with Gasteiger partial charge in [-0.3, -0.25) is 14.4 Å². The summed E-state index contributed by atoms with van der Waals surface area (Å²) >= 11 is 0. The second kappa shape index (κ2) is 9.97. The Labute approximate surface area is 247 Å². The Kier molecular flexibility index (Phi) is 6.64. The fourth-order valence-corrected chi connectivity index (χ4v) is 7.18. The van der Waals surface area contributed by atoms with Crippen molar-refractivity contribution in [1.82, 2.24) is 0 Å². The quantitative estimate of drug-likeness (QED) is 0.348. The van der Waals surface area contributed by atoms with Crippen molar-refractivity contribution in [2.24, 2.45) is 17.3 Å². The van der Waals surface area contributed by atoms with Gasteiger partial charge >= 0.3 is 0 Å². The molecule has 1 spiro atoms. The molecule has 0 unspecified atom stereocenters. The van der Waals surface area contributed by atoms with E-state index in [9.17, 15) is 14.4 Å². The third-order valence-corrected chi connectivity index (χ3v) is 9.01. The van der Waals surface area contributed by atoms with Gasteiger partial charge in [-0.05, 0) is 47.7 Å². The Morgan fingerprint density at radius 1 is 1.02 bits per heavy atom. The molecule has 216 valence electrons. The highest BCUT2D eigenvalue weighted by atomic mass is 16.5. The third-order valence-electron chi connectivity index (χ3n) is 9.01. The molecule has 3 aliphatic heterocycles. The van der Waals surface area contributed by atoms with Crippen LogP contribution >= 0.6 is 0 Å². The van der Waals surface area contributed by atoms with Crippen LogP contribution in [0.1, 0.15) is 61.7 Å². The highest BCUT2D eigenvalue weighted by molar-refractivity contribution is 6.17. The van der Waals surface area contributed by atoms with Crippen LogP contribution in [0.5, 0.6) is 5.75 Å². The van der Waals surface area contributed by atoms with Crippen molar-refractivity contribution in [3.05, 3.63) is 95.1 Å². The minimum Gasteiger partial charge on any atom is -0.497 e. The monoisotopic (exact) mass is 562 g/mol. The number of Topliss-reactive ketones (excluding diaryl/α,β-unsaturated/α-hetero) is 2. The molecular weight excluding hydrogens is 524 g/mol. The third kappa shape index (κ3) is 4.11. The van der Waals surface area contributed by atoms with Crippen LogP contribution in [0, 0.1) is 17.3 Å². The van der Waals surface area contributed by atoms with Crippen molar-refractivity contribution >= 4 is 34.9 Å². The lowest BCUT2D eigenvalue weighted by molar-refractivity contribution is -0.128. The molecular formula is C36H38N2O4. The molecule has 0 bridgehead atoms. The second-order valence-corrected chi connectivity index (χ2v) is 13.2. The highest BCUT2D eigenvalue weighted by Gasteiger charge is 2.70. The van der Waals surface area contributed by atoms with Crippen molar-refractivity contribution in [3.8, 4) is 5.75 Å². The van der Waals surface area contributed by atoms with E-state index in [2.05, 4.69) is 19.2 Å². The Balaban J connectivity index is 1.61. The molecule has 3 heterocycles. The lowest BCUT2D eigenvalue weighted by atomic mass is 9.63. The number of para-hydroxylation sites is 1. The number of ketones is 2. The van der Waals surface area contributed by atoms with Crippen molar-refractivity contribution in [1.29, 1.82) is 0 Å². The minimum atomic E-state index is -1.30. The van der Waals surface area contributed by atoms with E-state index in [-0.39, 0.29) is 17.5 Å². The summed E-state index contributed by atoms with van der Waals surface area (Å²) in [5.41, 5.74) is 2.73. The molecule has 1 fully saturated rings. The largest absolute Gasteiger partial charge is 0.497 e.